The Balaban J connectivity index is 1.61. The van der Waals surface area contributed by atoms with Gasteiger partial charge in [0.1, 0.15) is 18.0 Å². The first-order valence-electron chi connectivity index (χ1n) is 8.47. The Morgan fingerprint density at radius 2 is 2.00 bits per heavy atom. The number of benzene rings is 1. The molecule has 0 bridgehead atoms. The van der Waals surface area contributed by atoms with E-state index in [2.05, 4.69) is 24.1 Å². The molecule has 0 aliphatic rings. The first kappa shape index (κ1) is 17.0. The van der Waals surface area contributed by atoms with Gasteiger partial charge in [-0.3, -0.25) is 4.79 Å². The van der Waals surface area contributed by atoms with Crippen molar-refractivity contribution < 1.29 is 9.53 Å². The minimum Gasteiger partial charge on any atom is -0.487 e. The summed E-state index contributed by atoms with van der Waals surface area (Å²) < 4.78 is 7.78. The predicted molar refractivity (Wildman–Crippen MR) is 97.9 cm³/mol. The van der Waals surface area contributed by atoms with Crippen molar-refractivity contribution >= 4 is 11.6 Å². The molecule has 1 aromatic carbocycles. The highest BCUT2D eigenvalue weighted by Crippen LogP contribution is 2.15. The molecule has 0 spiro atoms. The van der Waals surface area contributed by atoms with Gasteiger partial charge in [-0.05, 0) is 48.7 Å². The number of ether oxygens (including phenoxy) is 1. The number of imidazole rings is 1. The summed E-state index contributed by atoms with van der Waals surface area (Å²) in [5.41, 5.74) is 3.58. The van der Waals surface area contributed by atoms with Crippen LogP contribution in [0.2, 0.25) is 0 Å². The topological polar surface area (TPSA) is 55.6 Å². The Morgan fingerprint density at radius 3 is 2.68 bits per heavy atom. The van der Waals surface area contributed by atoms with Gasteiger partial charge in [0, 0.05) is 24.5 Å². The number of carbonyl (C=O) groups is 1. The summed E-state index contributed by atoms with van der Waals surface area (Å²) in [6.07, 6.45) is 3.94. The third-order valence-electron chi connectivity index (χ3n) is 3.90. The summed E-state index contributed by atoms with van der Waals surface area (Å²) in [6.45, 7) is 7.23. The van der Waals surface area contributed by atoms with Crippen LogP contribution in [0.15, 0.2) is 48.8 Å². The second-order valence-electron chi connectivity index (χ2n) is 6.57. The lowest BCUT2D eigenvalue weighted by molar-refractivity contribution is 0.0949. The Kier molecular flexibility index (Phi) is 5.03. The molecule has 0 saturated heterocycles. The van der Waals surface area contributed by atoms with E-state index >= 15 is 0 Å². The van der Waals surface area contributed by atoms with Crippen molar-refractivity contribution in [2.45, 2.75) is 27.4 Å². The van der Waals surface area contributed by atoms with Crippen LogP contribution >= 0.6 is 0 Å². The van der Waals surface area contributed by atoms with Crippen LogP contribution in [-0.4, -0.2) is 21.8 Å². The van der Waals surface area contributed by atoms with E-state index in [0.717, 1.165) is 16.9 Å². The van der Waals surface area contributed by atoms with E-state index in [1.54, 1.807) is 12.1 Å². The molecule has 0 aliphatic heterocycles. The molecule has 25 heavy (non-hydrogen) atoms. The lowest BCUT2D eigenvalue weighted by Gasteiger charge is -2.08. The van der Waals surface area contributed by atoms with E-state index in [4.69, 9.17) is 4.74 Å². The van der Waals surface area contributed by atoms with Crippen molar-refractivity contribution in [3.63, 3.8) is 0 Å². The largest absolute Gasteiger partial charge is 0.487 e. The van der Waals surface area contributed by atoms with Crippen LogP contribution < -0.4 is 10.1 Å². The van der Waals surface area contributed by atoms with E-state index in [1.807, 2.05) is 48.0 Å². The molecule has 1 N–H and O–H groups in total. The van der Waals surface area contributed by atoms with Gasteiger partial charge in [-0.2, -0.15) is 0 Å². The Bertz CT molecular complexity index is 866. The number of hydrogen-bond donors (Lipinski definition) is 1. The van der Waals surface area contributed by atoms with Crippen molar-refractivity contribution in [3.05, 3.63) is 65.6 Å². The zero-order valence-electron chi connectivity index (χ0n) is 14.8. The molecule has 0 saturated carbocycles. The van der Waals surface area contributed by atoms with Gasteiger partial charge < -0.3 is 14.5 Å². The van der Waals surface area contributed by atoms with Crippen LogP contribution in [0.3, 0.4) is 0 Å². The van der Waals surface area contributed by atoms with Crippen LogP contribution in [0, 0.1) is 12.8 Å². The molecule has 5 heteroatoms. The third kappa shape index (κ3) is 4.18. The molecule has 2 aromatic heterocycles. The maximum absolute atomic E-state index is 12.0. The van der Waals surface area contributed by atoms with Crippen LogP contribution in [0.1, 0.15) is 35.5 Å². The number of nitrogens with zero attached hydrogens (tertiary/aromatic N) is 2. The lowest BCUT2D eigenvalue weighted by Crippen LogP contribution is -2.27. The molecule has 2 heterocycles. The molecule has 1 amide bonds. The summed E-state index contributed by atoms with van der Waals surface area (Å²) in [7, 11) is 0. The molecular weight excluding hydrogens is 314 g/mol. The van der Waals surface area contributed by atoms with Gasteiger partial charge in [-0.1, -0.05) is 19.9 Å². The number of aromatic nitrogens is 2. The molecule has 3 aromatic rings. The van der Waals surface area contributed by atoms with Crippen molar-refractivity contribution in [3.8, 4) is 5.75 Å². The van der Waals surface area contributed by atoms with Crippen molar-refractivity contribution in [1.82, 2.24) is 14.7 Å². The smallest absolute Gasteiger partial charge is 0.251 e. The highest BCUT2D eigenvalue weighted by atomic mass is 16.5. The Hall–Kier alpha value is -2.82. The number of carbonyl (C=O) groups excluding carboxylic acids is 1. The number of fused-ring (bicyclic) bond motifs is 1. The van der Waals surface area contributed by atoms with Gasteiger partial charge in [0.25, 0.3) is 5.91 Å². The first-order chi connectivity index (χ1) is 12.0. The highest BCUT2D eigenvalue weighted by Gasteiger charge is 2.07. The standard InChI is InChI=1S/C20H23N3O2/c1-14(2)11-21-20(24)16-6-8-18(9-7-16)25-13-17-12-23-10-4-5-15(3)19(23)22-17/h4-10,12,14H,11,13H2,1-3H3,(H,21,24). The van der Waals surface area contributed by atoms with Crippen LogP contribution in [0.4, 0.5) is 0 Å². The summed E-state index contributed by atoms with van der Waals surface area (Å²) in [5, 5.41) is 2.90. The molecule has 0 radical (unpaired) electrons. The normalized spacial score (nSPS) is 11.0. The van der Waals surface area contributed by atoms with Gasteiger partial charge >= 0.3 is 0 Å². The predicted octanol–water partition coefficient (Wildman–Crippen LogP) is 3.61. The molecule has 3 rings (SSSR count). The van der Waals surface area contributed by atoms with Crippen molar-refractivity contribution in [2.24, 2.45) is 5.92 Å². The van der Waals surface area contributed by atoms with Crippen molar-refractivity contribution in [1.29, 1.82) is 0 Å². The average molecular weight is 337 g/mol. The Morgan fingerprint density at radius 1 is 1.24 bits per heavy atom. The van der Waals surface area contributed by atoms with E-state index in [9.17, 15) is 4.79 Å². The van der Waals surface area contributed by atoms with E-state index in [-0.39, 0.29) is 5.91 Å². The fourth-order valence-electron chi connectivity index (χ4n) is 2.53. The van der Waals surface area contributed by atoms with E-state index < -0.39 is 0 Å². The summed E-state index contributed by atoms with van der Waals surface area (Å²) in [4.78, 5) is 16.6. The maximum atomic E-state index is 12.0. The summed E-state index contributed by atoms with van der Waals surface area (Å²) in [6, 6.07) is 11.2. The second kappa shape index (κ2) is 7.38. The molecule has 0 atom stereocenters. The monoisotopic (exact) mass is 337 g/mol. The van der Waals surface area contributed by atoms with Gasteiger partial charge in [0.2, 0.25) is 0 Å². The maximum Gasteiger partial charge on any atom is 0.251 e. The van der Waals surface area contributed by atoms with Crippen molar-refractivity contribution in [2.75, 3.05) is 6.54 Å². The number of amides is 1. The van der Waals surface area contributed by atoms with Crippen LogP contribution in [0.25, 0.3) is 5.65 Å². The first-order valence-corrected chi connectivity index (χ1v) is 8.47. The summed E-state index contributed by atoms with van der Waals surface area (Å²) >= 11 is 0. The molecule has 0 unspecified atom stereocenters. The highest BCUT2D eigenvalue weighted by molar-refractivity contribution is 5.94. The molecule has 130 valence electrons. The fraction of sp³-hybridized carbons (Fsp3) is 0.300. The molecule has 0 aliphatic carbocycles. The number of pyridine rings is 1. The average Bonchev–Trinajstić information content (AvgIpc) is 3.03. The number of aryl methyl sites for hydroxylation is 1. The zero-order valence-corrected chi connectivity index (χ0v) is 14.8. The number of nitrogens with one attached hydrogen (secondary N) is 1. The third-order valence-corrected chi connectivity index (χ3v) is 3.90. The SMILES string of the molecule is Cc1cccn2cc(COc3ccc(C(=O)NCC(C)C)cc3)nc12. The molecule has 5 nitrogen and oxygen atoms in total. The number of hydrogen-bond acceptors (Lipinski definition) is 3. The van der Waals surface area contributed by atoms with Gasteiger partial charge in [-0.15, -0.1) is 0 Å². The number of rotatable bonds is 6. The minimum atomic E-state index is -0.0592. The quantitative estimate of drug-likeness (QED) is 0.747. The summed E-state index contributed by atoms with van der Waals surface area (Å²) in [5.74, 6) is 1.09. The van der Waals surface area contributed by atoms with E-state index in [1.165, 1.54) is 0 Å². The van der Waals surface area contributed by atoms with Gasteiger partial charge in [0.15, 0.2) is 0 Å². The lowest BCUT2D eigenvalue weighted by atomic mass is 10.2. The molecular formula is C20H23N3O2. The Labute approximate surface area is 147 Å². The minimum absolute atomic E-state index is 0.0592. The fourth-order valence-corrected chi connectivity index (χ4v) is 2.53. The van der Waals surface area contributed by atoms with Gasteiger partial charge in [0.05, 0.1) is 5.69 Å². The van der Waals surface area contributed by atoms with Gasteiger partial charge in [-0.25, -0.2) is 4.98 Å². The van der Waals surface area contributed by atoms with Crippen LogP contribution in [0.5, 0.6) is 5.75 Å². The second-order valence-corrected chi connectivity index (χ2v) is 6.57. The zero-order chi connectivity index (χ0) is 17.8. The van der Waals surface area contributed by atoms with E-state index in [0.29, 0.717) is 30.4 Å². The van der Waals surface area contributed by atoms with Crippen LogP contribution in [-0.2, 0) is 6.61 Å². The molecule has 0 fully saturated rings.